The van der Waals surface area contributed by atoms with Crippen LogP contribution >= 0.6 is 12.0 Å². The number of carbonyl (C=O) groups excluding carboxylic acids is 1. The van der Waals surface area contributed by atoms with Crippen molar-refractivity contribution in [3.8, 4) is 17.2 Å². The number of amides is 1. The number of methoxy groups -OCH3 is 2. The van der Waals surface area contributed by atoms with Crippen molar-refractivity contribution in [3.05, 3.63) is 41.5 Å². The van der Waals surface area contributed by atoms with Gasteiger partial charge in [-0.1, -0.05) is 5.16 Å². The second kappa shape index (κ2) is 10.5. The van der Waals surface area contributed by atoms with Crippen molar-refractivity contribution in [2.24, 2.45) is 5.16 Å². The first-order chi connectivity index (χ1) is 15.3. The second-order valence-corrected chi connectivity index (χ2v) is 8.43. The Morgan fingerprint density at radius 2 is 1.94 bits per heavy atom. The van der Waals surface area contributed by atoms with Crippen molar-refractivity contribution in [2.45, 2.75) is 44.1 Å². The molecule has 8 nitrogen and oxygen atoms in total. The minimum absolute atomic E-state index is 0.440. The van der Waals surface area contributed by atoms with Gasteiger partial charge >= 0.3 is 6.09 Å². The van der Waals surface area contributed by atoms with Crippen molar-refractivity contribution in [1.82, 2.24) is 0 Å². The third-order valence-electron chi connectivity index (χ3n) is 4.88. The van der Waals surface area contributed by atoms with E-state index in [9.17, 15) is 4.79 Å². The van der Waals surface area contributed by atoms with Crippen LogP contribution in [0.1, 0.15) is 37.8 Å². The number of aryl methyl sites for hydroxylation is 1. The number of oxime groups is 1. The van der Waals surface area contributed by atoms with Crippen LogP contribution in [0.15, 0.2) is 40.4 Å². The molecule has 32 heavy (non-hydrogen) atoms. The van der Waals surface area contributed by atoms with E-state index in [4.69, 9.17) is 23.2 Å². The van der Waals surface area contributed by atoms with Crippen molar-refractivity contribution >= 4 is 30.0 Å². The first-order valence-electron chi connectivity index (χ1n) is 10.2. The summed E-state index contributed by atoms with van der Waals surface area (Å²) in [6.07, 6.45) is 2.76. The number of fused-ring (bicyclic) bond motifs is 1. The van der Waals surface area contributed by atoms with Gasteiger partial charge in [0, 0.05) is 17.8 Å². The molecule has 1 aliphatic rings. The Bertz CT molecular complexity index is 993. The van der Waals surface area contributed by atoms with Crippen LogP contribution in [0.25, 0.3) is 0 Å². The molecule has 1 amide bonds. The van der Waals surface area contributed by atoms with Gasteiger partial charge in [0.15, 0.2) is 11.5 Å². The number of rotatable bonds is 10. The third kappa shape index (κ3) is 5.79. The summed E-state index contributed by atoms with van der Waals surface area (Å²) in [5.74, 6) is 2.04. The Hall–Kier alpha value is -3.07. The van der Waals surface area contributed by atoms with E-state index in [1.54, 1.807) is 20.4 Å². The lowest BCUT2D eigenvalue weighted by molar-refractivity contribution is 0.0417. The number of ether oxygens (including phenoxy) is 4. The average Bonchev–Trinajstić information content (AvgIpc) is 2.75. The van der Waals surface area contributed by atoms with Gasteiger partial charge in [-0.3, -0.25) is 5.32 Å². The lowest BCUT2D eigenvalue weighted by atomic mass is 9.92. The minimum Gasteiger partial charge on any atom is -0.494 e. The molecule has 0 aliphatic carbocycles. The quantitative estimate of drug-likeness (QED) is 0.211. The van der Waals surface area contributed by atoms with Crippen LogP contribution in [-0.2, 0) is 14.6 Å². The molecule has 3 rings (SSSR count). The summed E-state index contributed by atoms with van der Waals surface area (Å²) in [6.45, 7) is 6.20. The van der Waals surface area contributed by atoms with E-state index in [0.717, 1.165) is 45.9 Å². The van der Waals surface area contributed by atoms with Gasteiger partial charge in [0.05, 0.1) is 31.4 Å². The van der Waals surface area contributed by atoms with Crippen molar-refractivity contribution in [3.63, 3.8) is 0 Å². The number of anilines is 1. The predicted molar refractivity (Wildman–Crippen MR) is 124 cm³/mol. The molecule has 0 fully saturated rings. The monoisotopic (exact) mass is 460 g/mol. The van der Waals surface area contributed by atoms with Gasteiger partial charge in [-0.05, 0) is 63.4 Å². The van der Waals surface area contributed by atoms with Gasteiger partial charge in [-0.25, -0.2) is 4.79 Å². The summed E-state index contributed by atoms with van der Waals surface area (Å²) < 4.78 is 27.0. The van der Waals surface area contributed by atoms with Crippen LogP contribution in [0.4, 0.5) is 10.5 Å². The van der Waals surface area contributed by atoms with Crippen LogP contribution in [0.5, 0.6) is 17.2 Å². The number of unbranched alkanes of at least 4 members (excludes halogenated alkanes) is 1. The van der Waals surface area contributed by atoms with Crippen LogP contribution in [-0.4, -0.2) is 33.1 Å². The maximum Gasteiger partial charge on any atom is 0.412 e. The van der Waals surface area contributed by atoms with Crippen molar-refractivity contribution in [1.29, 1.82) is 0 Å². The standard InChI is InChI=1S/C23H28N2O6S/c1-15-12-16(13-18-21(15)25-22(26)30-23(18,2)3)29-11-7-6-10-24-31-32-17-8-9-19(27-4)20(14-17)28-5/h8-10,12-14H,6-7,11H2,1-5H3,(H,25,26). The summed E-state index contributed by atoms with van der Waals surface area (Å²) in [4.78, 5) is 12.6. The predicted octanol–water partition coefficient (Wildman–Crippen LogP) is 5.68. The molecule has 0 bridgehead atoms. The Morgan fingerprint density at radius 1 is 1.16 bits per heavy atom. The Labute approximate surface area is 192 Å². The van der Waals surface area contributed by atoms with E-state index >= 15 is 0 Å². The number of hydrogen-bond donors (Lipinski definition) is 1. The van der Waals surface area contributed by atoms with E-state index in [1.165, 1.54) is 0 Å². The van der Waals surface area contributed by atoms with E-state index in [2.05, 4.69) is 10.5 Å². The largest absolute Gasteiger partial charge is 0.494 e. The highest BCUT2D eigenvalue weighted by molar-refractivity contribution is 7.94. The molecule has 1 N–H and O–H groups in total. The van der Waals surface area contributed by atoms with E-state index in [-0.39, 0.29) is 0 Å². The Morgan fingerprint density at radius 3 is 2.69 bits per heavy atom. The molecular weight excluding hydrogens is 432 g/mol. The summed E-state index contributed by atoms with van der Waals surface area (Å²) in [6, 6.07) is 9.34. The molecule has 1 heterocycles. The highest BCUT2D eigenvalue weighted by atomic mass is 32.2. The number of nitrogens with one attached hydrogen (secondary N) is 1. The molecule has 0 spiro atoms. The smallest absolute Gasteiger partial charge is 0.412 e. The molecule has 0 atom stereocenters. The van der Waals surface area contributed by atoms with Crippen molar-refractivity contribution < 1.29 is 28.0 Å². The van der Waals surface area contributed by atoms with Crippen molar-refractivity contribution in [2.75, 3.05) is 26.1 Å². The highest BCUT2D eigenvalue weighted by Crippen LogP contribution is 2.40. The number of carbonyl (C=O) groups is 1. The molecule has 1 aliphatic heterocycles. The zero-order valence-electron chi connectivity index (χ0n) is 18.9. The van der Waals surface area contributed by atoms with Gasteiger partial charge < -0.3 is 23.2 Å². The Kier molecular flexibility index (Phi) is 7.74. The van der Waals surface area contributed by atoms with Gasteiger partial charge in [-0.2, -0.15) is 0 Å². The van der Waals surface area contributed by atoms with Gasteiger partial charge in [0.2, 0.25) is 0 Å². The van der Waals surface area contributed by atoms with Crippen LogP contribution < -0.4 is 19.5 Å². The molecule has 0 saturated heterocycles. The highest BCUT2D eigenvalue weighted by Gasteiger charge is 2.34. The van der Waals surface area contributed by atoms with Crippen LogP contribution in [0.3, 0.4) is 0 Å². The minimum atomic E-state index is -0.711. The zero-order chi connectivity index (χ0) is 23.1. The van der Waals surface area contributed by atoms with Gasteiger partial charge in [-0.15, -0.1) is 0 Å². The van der Waals surface area contributed by atoms with Crippen LogP contribution in [0, 0.1) is 6.92 Å². The molecule has 0 saturated carbocycles. The summed E-state index contributed by atoms with van der Waals surface area (Å²) >= 11 is 1.14. The van der Waals surface area contributed by atoms with Gasteiger partial charge in [0.25, 0.3) is 0 Å². The summed E-state index contributed by atoms with van der Waals surface area (Å²) in [7, 11) is 3.18. The molecule has 9 heteroatoms. The molecule has 2 aromatic carbocycles. The fourth-order valence-electron chi connectivity index (χ4n) is 3.27. The average molecular weight is 461 g/mol. The molecular formula is C23H28N2O6S. The van der Waals surface area contributed by atoms with E-state index in [1.807, 2.05) is 51.1 Å². The maximum atomic E-state index is 11.7. The molecule has 0 aromatic heterocycles. The fraction of sp³-hybridized carbons (Fsp3) is 0.391. The molecule has 172 valence electrons. The van der Waals surface area contributed by atoms with Crippen LogP contribution in [0.2, 0.25) is 0 Å². The second-order valence-electron chi connectivity index (χ2n) is 7.64. The maximum absolute atomic E-state index is 11.7. The Balaban J connectivity index is 1.43. The number of nitrogens with zero attached hydrogens (tertiary/aromatic N) is 1. The molecule has 2 aromatic rings. The SMILES string of the molecule is COc1ccc(SON=CCCCOc2cc(C)c3c(c2)C(C)(C)OC(=O)N3)cc1OC. The lowest BCUT2D eigenvalue weighted by Crippen LogP contribution is -2.35. The first-order valence-corrected chi connectivity index (χ1v) is 10.9. The first kappa shape index (κ1) is 23.6. The lowest BCUT2D eigenvalue weighted by Gasteiger charge is -2.33. The van der Waals surface area contributed by atoms with E-state index < -0.39 is 11.7 Å². The van der Waals surface area contributed by atoms with E-state index in [0.29, 0.717) is 24.5 Å². The summed E-state index contributed by atoms with van der Waals surface area (Å²) in [5.41, 5.74) is 1.91. The number of cyclic esters (lactones) is 1. The zero-order valence-corrected chi connectivity index (χ0v) is 19.7. The number of benzene rings is 2. The normalized spacial score (nSPS) is 14.3. The molecule has 0 unspecified atom stereocenters. The van der Waals surface area contributed by atoms with Gasteiger partial charge in [0.1, 0.15) is 23.4 Å². The third-order valence-corrected chi connectivity index (χ3v) is 5.49. The summed E-state index contributed by atoms with van der Waals surface area (Å²) in [5, 5.41) is 6.73. The molecule has 0 radical (unpaired) electrons. The number of hydrogen-bond acceptors (Lipinski definition) is 8. The topological polar surface area (TPSA) is 87.6 Å². The fourth-order valence-corrected chi connectivity index (χ4v) is 3.74.